The molecule has 4 rings (SSSR count). The molecule has 2 amide bonds. The minimum Gasteiger partial charge on any atom is -0.508 e. The van der Waals surface area contributed by atoms with Crippen LogP contribution in [0, 0.1) is 0 Å². The molecule has 0 radical (unpaired) electrons. The van der Waals surface area contributed by atoms with Gasteiger partial charge >= 0.3 is 0 Å². The number of hydrogen-bond acceptors (Lipinski definition) is 4. The highest BCUT2D eigenvalue weighted by Crippen LogP contribution is 2.23. The van der Waals surface area contributed by atoms with E-state index in [1.807, 2.05) is 54.6 Å². The van der Waals surface area contributed by atoms with E-state index in [0.717, 1.165) is 16.7 Å². The Morgan fingerprint density at radius 3 is 2.41 bits per heavy atom. The lowest BCUT2D eigenvalue weighted by Gasteiger charge is -2.13. The summed E-state index contributed by atoms with van der Waals surface area (Å²) in [5, 5.41) is 14.9. The lowest BCUT2D eigenvalue weighted by atomic mass is 10.0. The number of nitrogens with one attached hydrogen (secondary N) is 2. The summed E-state index contributed by atoms with van der Waals surface area (Å²) < 4.78 is 0. The molecule has 1 atom stereocenters. The van der Waals surface area contributed by atoms with E-state index in [-0.39, 0.29) is 18.1 Å². The number of rotatable bonds is 4. The molecule has 1 aliphatic heterocycles. The predicted molar refractivity (Wildman–Crippen MR) is 111 cm³/mol. The number of carbonyl (C=O) groups excluding carboxylic acids is 2. The van der Waals surface area contributed by atoms with Gasteiger partial charge in [0.15, 0.2) is 0 Å². The zero-order valence-electron chi connectivity index (χ0n) is 15.5. The van der Waals surface area contributed by atoms with Crippen LogP contribution in [-0.2, 0) is 16.0 Å². The normalized spacial score (nSPS) is 15.5. The average Bonchev–Trinajstić information content (AvgIpc) is 2.87. The van der Waals surface area contributed by atoms with Crippen LogP contribution < -0.4 is 10.6 Å². The summed E-state index contributed by atoms with van der Waals surface area (Å²) in [6.07, 6.45) is -0.977. The van der Waals surface area contributed by atoms with Crippen molar-refractivity contribution in [2.45, 2.75) is 12.6 Å². The van der Waals surface area contributed by atoms with Gasteiger partial charge in [-0.15, -0.1) is 0 Å². The number of anilines is 1. The van der Waals surface area contributed by atoms with Crippen molar-refractivity contribution >= 4 is 23.2 Å². The third kappa shape index (κ3) is 4.16. The second kappa shape index (κ2) is 7.98. The lowest BCUT2D eigenvalue weighted by molar-refractivity contribution is -0.125. The Hall–Kier alpha value is -3.93. The van der Waals surface area contributed by atoms with E-state index < -0.39 is 12.1 Å². The first-order chi connectivity index (χ1) is 14.1. The smallest absolute Gasteiger partial charge is 0.269 e. The molecule has 3 aromatic rings. The molecule has 6 nitrogen and oxygen atoms in total. The van der Waals surface area contributed by atoms with Gasteiger partial charge in [-0.05, 0) is 23.8 Å². The molecular formula is C23H19N3O3. The van der Waals surface area contributed by atoms with E-state index in [0.29, 0.717) is 11.4 Å². The number of benzene rings is 3. The van der Waals surface area contributed by atoms with Crippen LogP contribution in [0.25, 0.3) is 0 Å². The summed E-state index contributed by atoms with van der Waals surface area (Å²) in [6, 6.07) is 23.3. The number of nitrogens with zero attached hydrogens (tertiary/aromatic N) is 1. The van der Waals surface area contributed by atoms with Crippen molar-refractivity contribution in [2.24, 2.45) is 4.99 Å². The number of aliphatic imine (C=N–C) groups is 1. The van der Waals surface area contributed by atoms with Gasteiger partial charge in [0.25, 0.3) is 5.91 Å². The molecule has 29 heavy (non-hydrogen) atoms. The largest absolute Gasteiger partial charge is 0.508 e. The van der Waals surface area contributed by atoms with E-state index in [1.165, 1.54) is 12.1 Å². The molecule has 0 fully saturated rings. The molecule has 3 N–H and O–H groups in total. The van der Waals surface area contributed by atoms with Gasteiger partial charge in [-0.1, -0.05) is 60.7 Å². The molecule has 0 saturated heterocycles. The number of carbonyl (C=O) groups is 2. The molecular weight excluding hydrogens is 366 g/mol. The van der Waals surface area contributed by atoms with Crippen molar-refractivity contribution < 1.29 is 14.7 Å². The molecule has 1 aliphatic rings. The number of para-hydroxylation sites is 1. The van der Waals surface area contributed by atoms with Crippen molar-refractivity contribution in [1.29, 1.82) is 0 Å². The molecule has 144 valence electrons. The van der Waals surface area contributed by atoms with Crippen molar-refractivity contribution in [2.75, 3.05) is 5.32 Å². The second-order valence-corrected chi connectivity index (χ2v) is 6.69. The van der Waals surface area contributed by atoms with Crippen LogP contribution in [0.5, 0.6) is 5.75 Å². The van der Waals surface area contributed by atoms with Gasteiger partial charge in [0, 0.05) is 11.1 Å². The molecule has 0 saturated carbocycles. The fourth-order valence-corrected chi connectivity index (χ4v) is 3.18. The Morgan fingerprint density at radius 2 is 1.66 bits per heavy atom. The Kier molecular flexibility index (Phi) is 5.07. The number of hydrogen-bond donors (Lipinski definition) is 3. The van der Waals surface area contributed by atoms with Crippen molar-refractivity contribution in [3.05, 3.63) is 95.6 Å². The lowest BCUT2D eigenvalue weighted by Crippen LogP contribution is -2.43. The van der Waals surface area contributed by atoms with E-state index in [9.17, 15) is 14.7 Å². The third-order valence-corrected chi connectivity index (χ3v) is 4.59. The molecule has 0 bridgehead atoms. The maximum atomic E-state index is 12.7. The van der Waals surface area contributed by atoms with Crippen molar-refractivity contribution in [3.63, 3.8) is 0 Å². The van der Waals surface area contributed by atoms with E-state index in [2.05, 4.69) is 15.6 Å². The van der Waals surface area contributed by atoms with Crippen LogP contribution in [0.2, 0.25) is 0 Å². The van der Waals surface area contributed by atoms with E-state index in [1.54, 1.807) is 12.1 Å². The maximum Gasteiger partial charge on any atom is 0.269 e. The zero-order chi connectivity index (χ0) is 20.2. The molecule has 0 spiro atoms. The van der Waals surface area contributed by atoms with Crippen LogP contribution in [-0.4, -0.2) is 28.8 Å². The second-order valence-electron chi connectivity index (χ2n) is 6.69. The topological polar surface area (TPSA) is 90.8 Å². The quantitative estimate of drug-likeness (QED) is 0.645. The number of fused-ring (bicyclic) bond motifs is 1. The first-order valence-electron chi connectivity index (χ1n) is 9.21. The van der Waals surface area contributed by atoms with Crippen molar-refractivity contribution in [1.82, 2.24) is 5.32 Å². The van der Waals surface area contributed by atoms with Gasteiger partial charge < -0.3 is 15.7 Å². The van der Waals surface area contributed by atoms with E-state index in [4.69, 9.17) is 0 Å². The molecule has 1 unspecified atom stereocenters. The number of phenols is 1. The third-order valence-electron chi connectivity index (χ3n) is 4.59. The Balaban J connectivity index is 1.63. The monoisotopic (exact) mass is 385 g/mol. The van der Waals surface area contributed by atoms with Gasteiger partial charge in [-0.25, -0.2) is 4.99 Å². The van der Waals surface area contributed by atoms with Gasteiger partial charge in [0.2, 0.25) is 12.1 Å². The predicted octanol–water partition coefficient (Wildman–Crippen LogP) is 2.87. The standard InChI is InChI=1S/C23H19N3O3/c27-17-12-10-15(11-13-17)14-20(28)25-22-23(29)24-19-9-5-4-8-18(19)21(26-22)16-6-2-1-3-7-16/h1-13,22,27H,14H2,(H,24,29)(H,25,28). The van der Waals surface area contributed by atoms with Crippen LogP contribution in [0.3, 0.4) is 0 Å². The summed E-state index contributed by atoms with van der Waals surface area (Å²) in [5.74, 6) is -0.604. The first kappa shape index (κ1) is 18.4. The van der Waals surface area contributed by atoms with Gasteiger partial charge in [0.05, 0.1) is 17.8 Å². The van der Waals surface area contributed by atoms with Crippen molar-refractivity contribution in [3.8, 4) is 5.75 Å². The number of benzodiazepines with no additional fused rings is 1. The fourth-order valence-electron chi connectivity index (χ4n) is 3.18. The molecule has 3 aromatic carbocycles. The summed E-state index contributed by atoms with van der Waals surface area (Å²) in [5.41, 5.74) is 3.66. The van der Waals surface area contributed by atoms with Crippen LogP contribution in [0.15, 0.2) is 83.9 Å². The Bertz CT molecular complexity index is 1080. The molecule has 1 heterocycles. The van der Waals surface area contributed by atoms with Crippen LogP contribution in [0.4, 0.5) is 5.69 Å². The van der Waals surface area contributed by atoms with Gasteiger partial charge in [-0.2, -0.15) is 0 Å². The van der Waals surface area contributed by atoms with E-state index >= 15 is 0 Å². The summed E-state index contributed by atoms with van der Waals surface area (Å²) >= 11 is 0. The number of phenolic OH excluding ortho intramolecular Hbond substituents is 1. The van der Waals surface area contributed by atoms with Crippen LogP contribution in [0.1, 0.15) is 16.7 Å². The number of amides is 2. The minimum absolute atomic E-state index is 0.0766. The molecule has 6 heteroatoms. The average molecular weight is 385 g/mol. The zero-order valence-corrected chi connectivity index (χ0v) is 15.5. The Labute approximate surface area is 167 Å². The minimum atomic E-state index is -1.05. The highest BCUT2D eigenvalue weighted by atomic mass is 16.3. The highest BCUT2D eigenvalue weighted by molar-refractivity contribution is 6.19. The SMILES string of the molecule is O=C(Cc1ccc(O)cc1)NC1N=C(c2ccccc2)c2ccccc2NC1=O. The molecule has 0 aromatic heterocycles. The van der Waals surface area contributed by atoms with Crippen LogP contribution >= 0.6 is 0 Å². The maximum absolute atomic E-state index is 12.7. The first-order valence-corrected chi connectivity index (χ1v) is 9.21. The Morgan fingerprint density at radius 1 is 0.966 bits per heavy atom. The molecule has 0 aliphatic carbocycles. The van der Waals surface area contributed by atoms with Gasteiger partial charge in [0.1, 0.15) is 5.75 Å². The fraction of sp³-hybridized carbons (Fsp3) is 0.0870. The summed E-state index contributed by atoms with van der Waals surface area (Å²) in [6.45, 7) is 0. The summed E-state index contributed by atoms with van der Waals surface area (Å²) in [7, 11) is 0. The highest BCUT2D eigenvalue weighted by Gasteiger charge is 2.26. The number of aromatic hydroxyl groups is 1. The van der Waals surface area contributed by atoms with Gasteiger partial charge in [-0.3, -0.25) is 9.59 Å². The summed E-state index contributed by atoms with van der Waals surface area (Å²) in [4.78, 5) is 29.8.